The molecule has 2 atom stereocenters. The van der Waals surface area contributed by atoms with E-state index >= 15 is 0 Å². The first-order valence-electron chi connectivity index (χ1n) is 8.63. The molecule has 1 amide bonds. The van der Waals surface area contributed by atoms with Crippen LogP contribution in [0.25, 0.3) is 0 Å². The molecule has 0 aliphatic carbocycles. The quantitative estimate of drug-likeness (QED) is 0.507. The average molecular weight is 317 g/mol. The van der Waals surface area contributed by atoms with Crippen LogP contribution in [-0.2, 0) is 4.79 Å². The molecule has 0 saturated heterocycles. The van der Waals surface area contributed by atoms with Crippen molar-refractivity contribution in [3.8, 4) is 0 Å². The summed E-state index contributed by atoms with van der Waals surface area (Å²) in [6.07, 6.45) is 2.77. The topological polar surface area (TPSA) is 58.4 Å². The largest absolute Gasteiger partial charge is 0.354 e. The van der Waals surface area contributed by atoms with Crippen molar-refractivity contribution in [3.05, 3.63) is 28.8 Å². The summed E-state index contributed by atoms with van der Waals surface area (Å²) in [5, 5.41) is 0. The summed E-state index contributed by atoms with van der Waals surface area (Å²) in [7, 11) is 0. The van der Waals surface area contributed by atoms with E-state index in [-0.39, 0.29) is 17.5 Å². The molecule has 0 unspecified atom stereocenters. The van der Waals surface area contributed by atoms with Crippen LogP contribution < -0.4 is 16.2 Å². The van der Waals surface area contributed by atoms with Gasteiger partial charge in [-0.3, -0.25) is 10.2 Å². The van der Waals surface area contributed by atoms with Crippen molar-refractivity contribution in [2.75, 3.05) is 4.90 Å². The van der Waals surface area contributed by atoms with Gasteiger partial charge >= 0.3 is 0 Å². The van der Waals surface area contributed by atoms with Crippen LogP contribution >= 0.6 is 0 Å². The number of hydrogen-bond donors (Lipinski definition) is 2. The van der Waals surface area contributed by atoms with E-state index in [0.717, 1.165) is 19.3 Å². The van der Waals surface area contributed by atoms with Gasteiger partial charge in [0.25, 0.3) is 5.91 Å². The molecule has 1 aromatic carbocycles. The number of amides is 1. The summed E-state index contributed by atoms with van der Waals surface area (Å²) in [4.78, 5) is 14.8. The number of anilines is 1. The molecule has 128 valence electrons. The van der Waals surface area contributed by atoms with E-state index in [2.05, 4.69) is 64.0 Å². The van der Waals surface area contributed by atoms with E-state index < -0.39 is 0 Å². The van der Waals surface area contributed by atoms with Crippen LogP contribution in [0.2, 0.25) is 0 Å². The van der Waals surface area contributed by atoms with Crippen LogP contribution in [0.1, 0.15) is 69.6 Å². The smallest absolute Gasteiger partial charge is 0.256 e. The van der Waals surface area contributed by atoms with Gasteiger partial charge in [-0.15, -0.1) is 0 Å². The lowest BCUT2D eigenvalue weighted by Gasteiger charge is -2.51. The highest BCUT2D eigenvalue weighted by molar-refractivity contribution is 5.86. The van der Waals surface area contributed by atoms with Crippen LogP contribution in [0.3, 0.4) is 0 Å². The maximum Gasteiger partial charge on any atom is 0.256 e. The van der Waals surface area contributed by atoms with Crippen molar-refractivity contribution < 1.29 is 4.79 Å². The van der Waals surface area contributed by atoms with E-state index in [1.807, 2.05) is 0 Å². The Kier molecular flexibility index (Phi) is 5.04. The molecular weight excluding hydrogens is 286 g/mol. The van der Waals surface area contributed by atoms with E-state index in [4.69, 9.17) is 5.84 Å². The number of nitrogens with zero attached hydrogens (tertiary/aromatic N) is 1. The first-order chi connectivity index (χ1) is 10.7. The van der Waals surface area contributed by atoms with Gasteiger partial charge in [-0.05, 0) is 69.2 Å². The Morgan fingerprint density at radius 1 is 1.39 bits per heavy atom. The highest BCUT2D eigenvalue weighted by atomic mass is 16.2. The van der Waals surface area contributed by atoms with Gasteiger partial charge in [0.15, 0.2) is 0 Å². The first-order valence-corrected chi connectivity index (χ1v) is 8.63. The molecule has 0 radical (unpaired) electrons. The number of hydrazine groups is 1. The molecule has 3 N–H and O–H groups in total. The zero-order valence-electron chi connectivity index (χ0n) is 15.4. The fourth-order valence-corrected chi connectivity index (χ4v) is 4.05. The van der Waals surface area contributed by atoms with Crippen molar-refractivity contribution in [2.45, 2.75) is 78.3 Å². The number of carbonyl (C=O) groups excluding carboxylic acids is 1. The highest BCUT2D eigenvalue weighted by Crippen LogP contribution is 2.45. The van der Waals surface area contributed by atoms with E-state index in [9.17, 15) is 4.79 Å². The Hall–Kier alpha value is -1.55. The van der Waals surface area contributed by atoms with E-state index in [0.29, 0.717) is 5.92 Å². The number of carbonyl (C=O) groups is 1. The standard InChI is InChI=1S/C19H31N3O/c1-7-8-16(18(23)21-20)22-17-10-13(3)12(2)9-15(17)14(4)11-19(22,5)6/h9-10,14,16H,7-8,11,20H2,1-6H3,(H,21,23)/t14-,16-/m1/s1. The second-order valence-corrected chi connectivity index (χ2v) is 7.60. The minimum Gasteiger partial charge on any atom is -0.354 e. The fourth-order valence-electron chi connectivity index (χ4n) is 4.05. The molecule has 4 heteroatoms. The Balaban J connectivity index is 2.62. The number of aryl methyl sites for hydroxylation is 2. The van der Waals surface area contributed by atoms with Gasteiger partial charge < -0.3 is 4.90 Å². The lowest BCUT2D eigenvalue weighted by atomic mass is 9.77. The Labute approximate surface area is 140 Å². The van der Waals surface area contributed by atoms with Gasteiger partial charge in [-0.25, -0.2) is 5.84 Å². The zero-order chi connectivity index (χ0) is 17.4. The summed E-state index contributed by atoms with van der Waals surface area (Å²) in [5.41, 5.74) is 7.41. The summed E-state index contributed by atoms with van der Waals surface area (Å²) < 4.78 is 0. The number of benzene rings is 1. The fraction of sp³-hybridized carbons (Fsp3) is 0.632. The third-order valence-electron chi connectivity index (χ3n) is 5.21. The van der Waals surface area contributed by atoms with Crippen molar-refractivity contribution >= 4 is 11.6 Å². The third-order valence-corrected chi connectivity index (χ3v) is 5.21. The predicted molar refractivity (Wildman–Crippen MR) is 96.5 cm³/mol. The minimum atomic E-state index is -0.228. The van der Waals surface area contributed by atoms with Gasteiger partial charge in [-0.1, -0.05) is 26.3 Å². The molecule has 1 heterocycles. The van der Waals surface area contributed by atoms with Crippen molar-refractivity contribution in [3.63, 3.8) is 0 Å². The molecule has 1 aliphatic rings. The van der Waals surface area contributed by atoms with Gasteiger partial charge in [0.05, 0.1) is 0 Å². The maximum atomic E-state index is 12.5. The van der Waals surface area contributed by atoms with E-state index in [1.54, 1.807) is 0 Å². The average Bonchev–Trinajstić information content (AvgIpc) is 2.47. The number of nitrogens with two attached hydrogens (primary N) is 1. The second-order valence-electron chi connectivity index (χ2n) is 7.60. The van der Waals surface area contributed by atoms with Gasteiger partial charge in [0.2, 0.25) is 0 Å². The van der Waals surface area contributed by atoms with Crippen LogP contribution in [0, 0.1) is 13.8 Å². The van der Waals surface area contributed by atoms with Gasteiger partial charge in [0.1, 0.15) is 6.04 Å². The molecule has 0 spiro atoms. The van der Waals surface area contributed by atoms with Gasteiger partial charge in [-0.2, -0.15) is 0 Å². The molecule has 0 bridgehead atoms. The molecule has 0 fully saturated rings. The molecule has 23 heavy (non-hydrogen) atoms. The molecule has 4 nitrogen and oxygen atoms in total. The lowest BCUT2D eigenvalue weighted by molar-refractivity contribution is -0.123. The zero-order valence-corrected chi connectivity index (χ0v) is 15.4. The first kappa shape index (κ1) is 17.8. The molecule has 1 aliphatic heterocycles. The Bertz CT molecular complexity index is 595. The molecule has 1 aromatic rings. The Morgan fingerprint density at radius 2 is 2.00 bits per heavy atom. The van der Waals surface area contributed by atoms with Gasteiger partial charge in [0, 0.05) is 11.2 Å². The predicted octanol–water partition coefficient (Wildman–Crippen LogP) is 3.55. The number of nitrogens with one attached hydrogen (secondary N) is 1. The van der Waals surface area contributed by atoms with Crippen LogP contribution in [-0.4, -0.2) is 17.5 Å². The normalized spacial score (nSPS) is 20.8. The molecular formula is C19H31N3O. The summed E-state index contributed by atoms with van der Waals surface area (Å²) in [6.45, 7) is 13.1. The van der Waals surface area contributed by atoms with E-state index in [1.165, 1.54) is 22.4 Å². The van der Waals surface area contributed by atoms with Crippen molar-refractivity contribution in [1.29, 1.82) is 0 Å². The molecule has 0 aromatic heterocycles. The lowest BCUT2D eigenvalue weighted by Crippen LogP contribution is -2.59. The molecule has 2 rings (SSSR count). The number of hydrogen-bond acceptors (Lipinski definition) is 3. The maximum absolute atomic E-state index is 12.5. The number of fused-ring (bicyclic) bond motifs is 1. The Morgan fingerprint density at radius 3 is 2.57 bits per heavy atom. The summed E-state index contributed by atoms with van der Waals surface area (Å²) in [6, 6.07) is 4.31. The summed E-state index contributed by atoms with van der Waals surface area (Å²) >= 11 is 0. The van der Waals surface area contributed by atoms with Crippen LogP contribution in [0.15, 0.2) is 12.1 Å². The monoisotopic (exact) mass is 317 g/mol. The van der Waals surface area contributed by atoms with Crippen LogP contribution in [0.4, 0.5) is 5.69 Å². The van der Waals surface area contributed by atoms with Crippen LogP contribution in [0.5, 0.6) is 0 Å². The minimum absolute atomic E-state index is 0.0829. The van der Waals surface area contributed by atoms with Crippen molar-refractivity contribution in [2.24, 2.45) is 5.84 Å². The highest BCUT2D eigenvalue weighted by Gasteiger charge is 2.42. The third kappa shape index (κ3) is 3.23. The SMILES string of the molecule is CCC[C@H](C(=O)NN)N1c2cc(C)c(C)cc2[C@H](C)CC1(C)C. The van der Waals surface area contributed by atoms with Crippen molar-refractivity contribution in [1.82, 2.24) is 5.43 Å². The summed E-state index contributed by atoms with van der Waals surface area (Å²) in [5.74, 6) is 5.86. The molecule has 0 saturated carbocycles. The second kappa shape index (κ2) is 6.52. The number of rotatable bonds is 4.